The first-order valence-corrected chi connectivity index (χ1v) is 19.0. The zero-order chi connectivity index (χ0) is 37.3. The molecule has 1 aliphatic rings. The minimum absolute atomic E-state index is 0.0664. The molecule has 0 fully saturated rings. The average Bonchev–Trinajstić information content (AvgIpc) is 3.29. The van der Waals surface area contributed by atoms with E-state index in [4.69, 9.17) is 15.0 Å². The topological polar surface area (TPSA) is 50.7 Å². The molecule has 1 unspecified atom stereocenters. The maximum Gasteiger partial charge on any atom is 0.164 e. The molecule has 1 atom stereocenters. The van der Waals surface area contributed by atoms with Gasteiger partial charge < -0.3 is 5.32 Å². The van der Waals surface area contributed by atoms with Crippen molar-refractivity contribution in [2.24, 2.45) is 0 Å². The Morgan fingerprint density at radius 1 is 0.321 bits per heavy atom. The number of benzene rings is 8. The van der Waals surface area contributed by atoms with E-state index in [9.17, 15) is 0 Å². The van der Waals surface area contributed by atoms with Gasteiger partial charge in [-0.25, -0.2) is 15.0 Å². The average molecular weight is 717 g/mol. The molecule has 0 bridgehead atoms. The van der Waals surface area contributed by atoms with Gasteiger partial charge in [-0.15, -0.1) is 0 Å². The number of rotatable bonds is 7. The first kappa shape index (κ1) is 33.2. The highest BCUT2D eigenvalue weighted by molar-refractivity contribution is 5.99. The summed E-state index contributed by atoms with van der Waals surface area (Å²) in [4.78, 5) is 14.8. The Morgan fingerprint density at radius 2 is 0.750 bits per heavy atom. The lowest BCUT2D eigenvalue weighted by molar-refractivity contribution is 0.931. The monoisotopic (exact) mass is 716 g/mol. The summed E-state index contributed by atoms with van der Waals surface area (Å²) in [7, 11) is 0. The Labute approximate surface area is 326 Å². The highest BCUT2D eigenvalue weighted by atomic mass is 15.0. The van der Waals surface area contributed by atoms with Crippen molar-refractivity contribution in [3.63, 3.8) is 0 Å². The Morgan fingerprint density at radius 3 is 1.36 bits per heavy atom. The number of para-hydroxylation sites is 1. The Kier molecular flexibility index (Phi) is 8.54. The number of anilines is 1. The van der Waals surface area contributed by atoms with Crippen molar-refractivity contribution in [2.75, 3.05) is 5.32 Å². The van der Waals surface area contributed by atoms with Crippen molar-refractivity contribution < 1.29 is 0 Å². The molecule has 4 heteroatoms. The lowest BCUT2D eigenvalue weighted by atomic mass is 9.80. The predicted octanol–water partition coefficient (Wildman–Crippen LogP) is 13.1. The van der Waals surface area contributed by atoms with E-state index in [1.165, 1.54) is 44.5 Å². The Bertz CT molecular complexity index is 2740. The van der Waals surface area contributed by atoms with E-state index < -0.39 is 0 Å². The lowest BCUT2D eigenvalue weighted by Gasteiger charge is -2.33. The molecule has 264 valence electrons. The van der Waals surface area contributed by atoms with Crippen molar-refractivity contribution in [2.45, 2.75) is 6.04 Å². The van der Waals surface area contributed by atoms with Crippen LogP contribution in [0.4, 0.5) is 5.69 Å². The van der Waals surface area contributed by atoms with Crippen molar-refractivity contribution in [1.29, 1.82) is 0 Å². The van der Waals surface area contributed by atoms with E-state index in [1.807, 2.05) is 60.7 Å². The highest BCUT2D eigenvalue weighted by Gasteiger charge is 2.30. The molecular formula is C52H36N4. The molecule has 1 aromatic heterocycles. The van der Waals surface area contributed by atoms with Crippen LogP contribution >= 0.6 is 0 Å². The molecule has 0 saturated carbocycles. The zero-order valence-corrected chi connectivity index (χ0v) is 30.5. The minimum atomic E-state index is -0.0664. The van der Waals surface area contributed by atoms with Gasteiger partial charge in [-0.3, -0.25) is 0 Å². The van der Waals surface area contributed by atoms with E-state index in [-0.39, 0.29) is 6.04 Å². The third-order valence-electron chi connectivity index (χ3n) is 10.6. The van der Waals surface area contributed by atoms with Gasteiger partial charge in [0.1, 0.15) is 0 Å². The molecule has 1 N–H and O–H groups in total. The molecule has 0 aliphatic carbocycles. The third-order valence-corrected chi connectivity index (χ3v) is 10.6. The molecule has 2 heterocycles. The molecule has 0 saturated heterocycles. The summed E-state index contributed by atoms with van der Waals surface area (Å²) in [6.07, 6.45) is 0. The lowest BCUT2D eigenvalue weighted by Crippen LogP contribution is -2.19. The summed E-state index contributed by atoms with van der Waals surface area (Å²) in [5, 5.41) is 4.06. The smallest absolute Gasteiger partial charge is 0.164 e. The van der Waals surface area contributed by atoms with Gasteiger partial charge in [-0.05, 0) is 50.6 Å². The fraction of sp³-hybridized carbons (Fsp3) is 0.0192. The van der Waals surface area contributed by atoms with E-state index >= 15 is 0 Å². The van der Waals surface area contributed by atoms with Crippen LogP contribution in [0.25, 0.3) is 78.7 Å². The molecule has 1 aliphatic heterocycles. The molecule has 0 radical (unpaired) electrons. The van der Waals surface area contributed by atoms with Crippen molar-refractivity contribution in [3.8, 4) is 78.7 Å². The van der Waals surface area contributed by atoms with E-state index in [2.05, 4.69) is 151 Å². The van der Waals surface area contributed by atoms with Gasteiger partial charge in [-0.1, -0.05) is 200 Å². The van der Waals surface area contributed by atoms with Crippen LogP contribution in [0, 0.1) is 0 Å². The van der Waals surface area contributed by atoms with Gasteiger partial charge in [0, 0.05) is 27.8 Å². The number of hydrogen-bond acceptors (Lipinski definition) is 4. The highest BCUT2D eigenvalue weighted by Crippen LogP contribution is 2.50. The van der Waals surface area contributed by atoms with Gasteiger partial charge in [0.2, 0.25) is 0 Å². The SMILES string of the molecule is c1ccc(-c2cccc(C3Nc4c(-c5ccc(-c6nc(-c7ccccc7)nc(-c7ccccc7)n6)cc5)cccc4-c4c(-c5ccccc5)cccc43)c2)cc1. The van der Waals surface area contributed by atoms with Crippen LogP contribution in [0.5, 0.6) is 0 Å². The molecule has 9 aromatic rings. The number of aromatic nitrogens is 3. The fourth-order valence-electron chi connectivity index (χ4n) is 7.88. The molecule has 4 nitrogen and oxygen atoms in total. The van der Waals surface area contributed by atoms with Crippen LogP contribution in [-0.4, -0.2) is 15.0 Å². The zero-order valence-electron chi connectivity index (χ0n) is 30.5. The first-order chi connectivity index (χ1) is 27.8. The van der Waals surface area contributed by atoms with Gasteiger partial charge in [-0.2, -0.15) is 0 Å². The first-order valence-electron chi connectivity index (χ1n) is 19.0. The van der Waals surface area contributed by atoms with Crippen molar-refractivity contribution in [1.82, 2.24) is 15.0 Å². The predicted molar refractivity (Wildman–Crippen MR) is 230 cm³/mol. The minimum Gasteiger partial charge on any atom is -0.373 e. The van der Waals surface area contributed by atoms with Crippen LogP contribution in [0.15, 0.2) is 206 Å². The molecule has 0 spiro atoms. The number of fused-ring (bicyclic) bond motifs is 3. The third kappa shape index (κ3) is 6.23. The van der Waals surface area contributed by atoms with E-state index in [0.717, 1.165) is 33.5 Å². The normalized spacial score (nSPS) is 13.0. The Hall–Kier alpha value is -7.43. The van der Waals surface area contributed by atoms with Crippen LogP contribution in [-0.2, 0) is 0 Å². The second kappa shape index (κ2) is 14.4. The maximum atomic E-state index is 4.97. The Balaban J connectivity index is 1.09. The molecule has 0 amide bonds. The van der Waals surface area contributed by atoms with Gasteiger partial charge in [0.15, 0.2) is 17.5 Å². The quantitative estimate of drug-likeness (QED) is 0.178. The van der Waals surface area contributed by atoms with Crippen molar-refractivity contribution >= 4 is 5.69 Å². The second-order valence-corrected chi connectivity index (χ2v) is 14.0. The van der Waals surface area contributed by atoms with Crippen LogP contribution in [0.1, 0.15) is 17.2 Å². The van der Waals surface area contributed by atoms with E-state index in [1.54, 1.807) is 0 Å². The summed E-state index contributed by atoms with van der Waals surface area (Å²) in [5.41, 5.74) is 15.9. The summed E-state index contributed by atoms with van der Waals surface area (Å²) < 4.78 is 0. The fourth-order valence-corrected chi connectivity index (χ4v) is 7.88. The van der Waals surface area contributed by atoms with Crippen LogP contribution in [0.3, 0.4) is 0 Å². The molecular weight excluding hydrogens is 681 g/mol. The summed E-state index contributed by atoms with van der Waals surface area (Å²) in [5.74, 6) is 1.93. The standard InChI is InChI=1S/C52H36N4/c1-5-16-35(17-6-1)41-24-13-25-42(34-41)48-45-28-14-26-43(36-18-7-2-8-19-36)47(45)46-29-15-27-44(49(46)53-48)37-30-32-40(33-31-37)52-55-50(38-20-9-3-10-21-38)54-51(56-52)39-22-11-4-12-23-39/h1-34,48,53H. The van der Waals surface area contributed by atoms with Crippen molar-refractivity contribution in [3.05, 3.63) is 217 Å². The van der Waals surface area contributed by atoms with Gasteiger partial charge in [0.25, 0.3) is 0 Å². The van der Waals surface area contributed by atoms with Crippen LogP contribution in [0.2, 0.25) is 0 Å². The number of nitrogens with one attached hydrogen (secondary N) is 1. The molecule has 56 heavy (non-hydrogen) atoms. The van der Waals surface area contributed by atoms with Gasteiger partial charge >= 0.3 is 0 Å². The summed E-state index contributed by atoms with van der Waals surface area (Å²) in [6.45, 7) is 0. The molecule has 10 rings (SSSR count). The largest absolute Gasteiger partial charge is 0.373 e. The maximum absolute atomic E-state index is 4.97. The number of nitrogens with zero attached hydrogens (tertiary/aromatic N) is 3. The summed E-state index contributed by atoms with van der Waals surface area (Å²) in [6, 6.07) is 72.4. The number of hydrogen-bond donors (Lipinski definition) is 1. The second-order valence-electron chi connectivity index (χ2n) is 14.0. The van der Waals surface area contributed by atoms with Gasteiger partial charge in [0.05, 0.1) is 11.7 Å². The summed E-state index contributed by atoms with van der Waals surface area (Å²) >= 11 is 0. The van der Waals surface area contributed by atoms with E-state index in [0.29, 0.717) is 17.5 Å². The molecule has 8 aromatic carbocycles. The van der Waals surface area contributed by atoms with Crippen LogP contribution < -0.4 is 5.32 Å².